The lowest BCUT2D eigenvalue weighted by Crippen LogP contribution is -2.11. The van der Waals surface area contributed by atoms with E-state index in [0.717, 1.165) is 23.3 Å². The molecule has 0 saturated heterocycles. The van der Waals surface area contributed by atoms with Crippen LogP contribution in [0.5, 0.6) is 17.2 Å². The zero-order valence-corrected chi connectivity index (χ0v) is 14.9. The van der Waals surface area contributed by atoms with E-state index in [-0.39, 0.29) is 0 Å². The van der Waals surface area contributed by atoms with Gasteiger partial charge in [0.2, 0.25) is 0 Å². The fourth-order valence-electron chi connectivity index (χ4n) is 2.35. The zero-order chi connectivity index (χ0) is 17.4. The van der Waals surface area contributed by atoms with Gasteiger partial charge in [0, 0.05) is 0 Å². The van der Waals surface area contributed by atoms with E-state index in [1.54, 1.807) is 0 Å². The third-order valence-electron chi connectivity index (χ3n) is 3.48. The van der Waals surface area contributed by atoms with Crippen molar-refractivity contribution in [3.8, 4) is 17.2 Å². The first-order valence-electron chi connectivity index (χ1n) is 8.12. The van der Waals surface area contributed by atoms with Crippen molar-refractivity contribution in [2.75, 3.05) is 26.4 Å². The fourth-order valence-corrected chi connectivity index (χ4v) is 2.64. The highest BCUT2D eigenvalue weighted by Crippen LogP contribution is 2.36. The monoisotopic (exact) mass is 349 g/mol. The number of hydrogen-bond acceptors (Lipinski definition) is 4. The summed E-state index contributed by atoms with van der Waals surface area (Å²) < 4.78 is 17.2. The second-order valence-electron chi connectivity index (χ2n) is 5.34. The fraction of sp³-hybridized carbons (Fsp3) is 0.368. The van der Waals surface area contributed by atoms with Crippen LogP contribution in [0.25, 0.3) is 0 Å². The molecule has 0 aliphatic carbocycles. The van der Waals surface area contributed by atoms with Gasteiger partial charge in [0.1, 0.15) is 19.0 Å². The number of nitrogens with two attached hydrogens (primary N) is 1. The smallest absolute Gasteiger partial charge is 0.179 e. The predicted molar refractivity (Wildman–Crippen MR) is 97.5 cm³/mol. The molecule has 0 atom stereocenters. The van der Waals surface area contributed by atoms with E-state index in [2.05, 4.69) is 0 Å². The minimum absolute atomic E-state index is 0.379. The van der Waals surface area contributed by atoms with Crippen LogP contribution in [0, 0.1) is 6.92 Å². The van der Waals surface area contributed by atoms with Gasteiger partial charge in [0.05, 0.1) is 11.6 Å². The zero-order valence-electron chi connectivity index (χ0n) is 14.2. The molecule has 0 heterocycles. The summed E-state index contributed by atoms with van der Waals surface area (Å²) >= 11 is 6.34. The molecule has 2 aromatic carbocycles. The highest BCUT2D eigenvalue weighted by molar-refractivity contribution is 6.32. The van der Waals surface area contributed by atoms with E-state index in [4.69, 9.17) is 31.5 Å². The molecule has 0 saturated carbocycles. The van der Waals surface area contributed by atoms with Gasteiger partial charge in [-0.1, -0.05) is 29.8 Å². The van der Waals surface area contributed by atoms with Crippen molar-refractivity contribution in [2.45, 2.75) is 20.3 Å². The summed E-state index contributed by atoms with van der Waals surface area (Å²) in [6.45, 7) is 5.84. The quantitative estimate of drug-likeness (QED) is 0.695. The Morgan fingerprint density at radius 2 is 1.75 bits per heavy atom. The molecule has 0 aromatic heterocycles. The molecule has 130 valence electrons. The molecule has 0 fully saturated rings. The summed E-state index contributed by atoms with van der Waals surface area (Å²) in [5.74, 6) is 2.05. The second kappa shape index (κ2) is 9.40. The minimum atomic E-state index is 0.379. The van der Waals surface area contributed by atoms with Crippen LogP contribution in [0.1, 0.15) is 18.1 Å². The van der Waals surface area contributed by atoms with Crippen molar-refractivity contribution in [1.29, 1.82) is 0 Å². The normalized spacial score (nSPS) is 10.5. The van der Waals surface area contributed by atoms with Crippen molar-refractivity contribution in [2.24, 2.45) is 5.73 Å². The summed E-state index contributed by atoms with van der Waals surface area (Å²) in [7, 11) is 0. The van der Waals surface area contributed by atoms with Crippen LogP contribution in [-0.2, 0) is 6.42 Å². The summed E-state index contributed by atoms with van der Waals surface area (Å²) in [5.41, 5.74) is 7.74. The topological polar surface area (TPSA) is 53.7 Å². The van der Waals surface area contributed by atoms with E-state index < -0.39 is 0 Å². The first kappa shape index (κ1) is 18.4. The summed E-state index contributed by atoms with van der Waals surface area (Å²) in [6.07, 6.45) is 0.746. The lowest BCUT2D eigenvalue weighted by molar-refractivity contribution is 0.208. The first-order chi connectivity index (χ1) is 11.7. The Hall–Kier alpha value is -1.91. The third kappa shape index (κ3) is 5.05. The van der Waals surface area contributed by atoms with Crippen molar-refractivity contribution in [1.82, 2.24) is 0 Å². The Balaban J connectivity index is 1.99. The van der Waals surface area contributed by atoms with Crippen molar-refractivity contribution in [3.63, 3.8) is 0 Å². The number of para-hydroxylation sites is 1. The SMILES string of the molecule is CCOc1cc(CCN)cc(Cl)c1OCCOc1ccccc1C. The van der Waals surface area contributed by atoms with Gasteiger partial charge in [-0.2, -0.15) is 0 Å². The van der Waals surface area contributed by atoms with Crippen LogP contribution in [0.4, 0.5) is 0 Å². The second-order valence-corrected chi connectivity index (χ2v) is 5.75. The lowest BCUT2D eigenvalue weighted by atomic mass is 10.1. The van der Waals surface area contributed by atoms with E-state index in [1.807, 2.05) is 50.2 Å². The Labute approximate surface area is 148 Å². The molecule has 2 aromatic rings. The standard InChI is InChI=1S/C19H24ClNO3/c1-3-22-18-13-15(8-9-21)12-16(20)19(18)24-11-10-23-17-7-5-4-6-14(17)2/h4-7,12-13H,3,8-11,21H2,1-2H3. The maximum Gasteiger partial charge on any atom is 0.179 e. The first-order valence-corrected chi connectivity index (χ1v) is 8.50. The molecule has 0 amide bonds. The van der Waals surface area contributed by atoms with E-state index in [9.17, 15) is 0 Å². The third-order valence-corrected chi connectivity index (χ3v) is 3.76. The van der Waals surface area contributed by atoms with Crippen LogP contribution in [0.3, 0.4) is 0 Å². The van der Waals surface area contributed by atoms with Gasteiger partial charge in [-0.15, -0.1) is 0 Å². The maximum atomic E-state index is 6.34. The maximum absolute atomic E-state index is 6.34. The molecule has 0 bridgehead atoms. The number of aryl methyl sites for hydroxylation is 1. The molecule has 5 heteroatoms. The highest BCUT2D eigenvalue weighted by Gasteiger charge is 2.12. The minimum Gasteiger partial charge on any atom is -0.490 e. The summed E-state index contributed by atoms with van der Waals surface area (Å²) in [6, 6.07) is 11.7. The Bertz CT molecular complexity index is 661. The molecule has 24 heavy (non-hydrogen) atoms. The van der Waals surface area contributed by atoms with Crippen molar-refractivity contribution in [3.05, 3.63) is 52.5 Å². The van der Waals surface area contributed by atoms with E-state index in [1.165, 1.54) is 0 Å². The predicted octanol–water partition coefficient (Wildman–Crippen LogP) is 4.01. The van der Waals surface area contributed by atoms with Gasteiger partial charge in [-0.25, -0.2) is 0 Å². The molecular formula is C19H24ClNO3. The van der Waals surface area contributed by atoms with Gasteiger partial charge in [0.25, 0.3) is 0 Å². The van der Waals surface area contributed by atoms with Crippen molar-refractivity contribution >= 4 is 11.6 Å². The van der Waals surface area contributed by atoms with Gasteiger partial charge in [0.15, 0.2) is 11.5 Å². The van der Waals surface area contributed by atoms with Crippen LogP contribution < -0.4 is 19.9 Å². The Kier molecular flexibility index (Phi) is 7.22. The molecule has 0 unspecified atom stereocenters. The average Bonchev–Trinajstić information content (AvgIpc) is 2.55. The van der Waals surface area contributed by atoms with Gasteiger partial charge in [-0.05, 0) is 56.1 Å². The molecule has 2 rings (SSSR count). The van der Waals surface area contributed by atoms with Gasteiger partial charge >= 0.3 is 0 Å². The van der Waals surface area contributed by atoms with Crippen LogP contribution in [-0.4, -0.2) is 26.4 Å². The van der Waals surface area contributed by atoms with Crippen molar-refractivity contribution < 1.29 is 14.2 Å². The highest BCUT2D eigenvalue weighted by atomic mass is 35.5. The summed E-state index contributed by atoms with van der Waals surface area (Å²) in [4.78, 5) is 0. The molecular weight excluding hydrogens is 326 g/mol. The average molecular weight is 350 g/mol. The van der Waals surface area contributed by atoms with Crippen LogP contribution in [0.2, 0.25) is 5.02 Å². The largest absolute Gasteiger partial charge is 0.490 e. The van der Waals surface area contributed by atoms with E-state index >= 15 is 0 Å². The van der Waals surface area contributed by atoms with Crippen LogP contribution >= 0.6 is 11.6 Å². The van der Waals surface area contributed by atoms with Gasteiger partial charge < -0.3 is 19.9 Å². The number of halogens is 1. The van der Waals surface area contributed by atoms with E-state index in [0.29, 0.717) is 42.9 Å². The molecule has 0 radical (unpaired) electrons. The van der Waals surface area contributed by atoms with Gasteiger partial charge in [-0.3, -0.25) is 0 Å². The number of benzene rings is 2. The number of hydrogen-bond donors (Lipinski definition) is 1. The molecule has 0 spiro atoms. The number of ether oxygens (including phenoxy) is 3. The Morgan fingerprint density at radius 3 is 2.46 bits per heavy atom. The molecule has 2 N–H and O–H groups in total. The molecule has 0 aliphatic rings. The molecule has 0 aliphatic heterocycles. The number of rotatable bonds is 9. The summed E-state index contributed by atoms with van der Waals surface area (Å²) in [5, 5.41) is 0.528. The van der Waals surface area contributed by atoms with Crippen LogP contribution in [0.15, 0.2) is 36.4 Å². The molecule has 4 nitrogen and oxygen atoms in total. The Morgan fingerprint density at radius 1 is 1.00 bits per heavy atom. The lowest BCUT2D eigenvalue weighted by Gasteiger charge is -2.16.